The molecular formula is C11H16BrNO3S. The Morgan fingerprint density at radius 2 is 2.06 bits per heavy atom. The highest BCUT2D eigenvalue weighted by Gasteiger charge is 2.15. The van der Waals surface area contributed by atoms with E-state index in [1.807, 2.05) is 20.8 Å². The first-order chi connectivity index (χ1) is 7.83. The van der Waals surface area contributed by atoms with Crippen molar-refractivity contribution < 1.29 is 13.3 Å². The molecule has 1 rings (SSSR count). The average Bonchev–Trinajstić information content (AvgIpc) is 2.21. The highest BCUT2D eigenvalue weighted by atomic mass is 79.9. The zero-order valence-corrected chi connectivity index (χ0v) is 12.4. The van der Waals surface area contributed by atoms with Gasteiger partial charge in [0.15, 0.2) is 0 Å². The molecule has 0 aliphatic heterocycles. The first kappa shape index (κ1) is 14.6. The summed E-state index contributed by atoms with van der Waals surface area (Å²) in [4.78, 5) is 7.24. The Balaban J connectivity index is 2.79. The maximum Gasteiger partial charge on any atom is 0.262 e. The van der Waals surface area contributed by atoms with E-state index in [1.165, 1.54) is 6.07 Å². The molecule has 0 atom stereocenters. The molecule has 0 fully saturated rings. The quantitative estimate of drug-likeness (QED) is 0.848. The van der Waals surface area contributed by atoms with Crippen LogP contribution in [0.2, 0.25) is 0 Å². The minimum absolute atomic E-state index is 0.196. The van der Waals surface area contributed by atoms with Crippen molar-refractivity contribution in [2.75, 3.05) is 6.61 Å². The number of benzene rings is 1. The van der Waals surface area contributed by atoms with Gasteiger partial charge in [0.25, 0.3) is 10.0 Å². The molecule has 0 aliphatic rings. The molecule has 0 heterocycles. The molecule has 0 radical (unpaired) electrons. The fraction of sp³-hybridized carbons (Fsp3) is 0.455. The van der Waals surface area contributed by atoms with Crippen LogP contribution in [0.15, 0.2) is 27.6 Å². The van der Waals surface area contributed by atoms with Crippen LogP contribution in [0.1, 0.15) is 19.4 Å². The average molecular weight is 322 g/mol. The highest BCUT2D eigenvalue weighted by molar-refractivity contribution is 9.10. The van der Waals surface area contributed by atoms with Crippen molar-refractivity contribution in [1.82, 2.24) is 4.89 Å². The Morgan fingerprint density at radius 1 is 1.41 bits per heavy atom. The van der Waals surface area contributed by atoms with Gasteiger partial charge in [-0.05, 0) is 36.6 Å². The van der Waals surface area contributed by atoms with Crippen molar-refractivity contribution in [3.05, 3.63) is 28.2 Å². The van der Waals surface area contributed by atoms with Gasteiger partial charge in [0.1, 0.15) is 0 Å². The molecule has 0 spiro atoms. The Morgan fingerprint density at radius 3 is 2.59 bits per heavy atom. The molecule has 6 heteroatoms. The summed E-state index contributed by atoms with van der Waals surface area (Å²) < 4.78 is 24.5. The Bertz CT molecular complexity index is 485. The highest BCUT2D eigenvalue weighted by Crippen LogP contribution is 2.19. The molecule has 0 saturated heterocycles. The second kappa shape index (κ2) is 5.95. The minimum atomic E-state index is -3.59. The second-order valence-corrected chi connectivity index (χ2v) is 6.70. The summed E-state index contributed by atoms with van der Waals surface area (Å²) in [6, 6.07) is 4.82. The second-order valence-electron chi connectivity index (χ2n) is 4.20. The summed E-state index contributed by atoms with van der Waals surface area (Å²) in [5, 5.41) is 0. The van der Waals surface area contributed by atoms with Crippen LogP contribution in [-0.2, 0) is 14.9 Å². The fourth-order valence-corrected chi connectivity index (χ4v) is 2.26. The third-order valence-corrected chi connectivity index (χ3v) is 4.13. The maximum absolute atomic E-state index is 11.8. The fourth-order valence-electron chi connectivity index (χ4n) is 1.11. The van der Waals surface area contributed by atoms with E-state index in [-0.39, 0.29) is 10.8 Å². The van der Waals surface area contributed by atoms with E-state index in [0.29, 0.717) is 6.61 Å². The summed E-state index contributed by atoms with van der Waals surface area (Å²) in [6.07, 6.45) is 0. The summed E-state index contributed by atoms with van der Waals surface area (Å²) in [7, 11) is -3.59. The van der Waals surface area contributed by atoms with E-state index in [4.69, 9.17) is 4.84 Å². The first-order valence-electron chi connectivity index (χ1n) is 5.22. The largest absolute Gasteiger partial charge is 0.287 e. The van der Waals surface area contributed by atoms with Crippen LogP contribution in [0.5, 0.6) is 0 Å². The predicted molar refractivity (Wildman–Crippen MR) is 70.0 cm³/mol. The molecule has 1 aromatic rings. The molecule has 1 N–H and O–H groups in total. The van der Waals surface area contributed by atoms with Gasteiger partial charge in [0.05, 0.1) is 11.5 Å². The van der Waals surface area contributed by atoms with Crippen LogP contribution in [0.25, 0.3) is 0 Å². The monoisotopic (exact) mass is 321 g/mol. The van der Waals surface area contributed by atoms with Gasteiger partial charge in [0.2, 0.25) is 0 Å². The third kappa shape index (κ3) is 4.39. The molecular weight excluding hydrogens is 306 g/mol. The van der Waals surface area contributed by atoms with Crippen LogP contribution in [0.4, 0.5) is 0 Å². The van der Waals surface area contributed by atoms with E-state index >= 15 is 0 Å². The lowest BCUT2D eigenvalue weighted by atomic mass is 10.2. The van der Waals surface area contributed by atoms with Gasteiger partial charge in [-0.1, -0.05) is 34.7 Å². The zero-order valence-electron chi connectivity index (χ0n) is 10.0. The number of aryl methyl sites for hydroxylation is 1. The van der Waals surface area contributed by atoms with Gasteiger partial charge in [0, 0.05) is 4.47 Å². The number of sulfonamides is 1. The minimum Gasteiger partial charge on any atom is -0.287 e. The van der Waals surface area contributed by atoms with Gasteiger partial charge >= 0.3 is 0 Å². The molecule has 0 aliphatic carbocycles. The Labute approximate surface area is 111 Å². The normalized spacial score (nSPS) is 12.1. The molecule has 1 aromatic carbocycles. The van der Waals surface area contributed by atoms with E-state index in [1.54, 1.807) is 12.1 Å². The van der Waals surface area contributed by atoms with Crippen molar-refractivity contribution in [2.24, 2.45) is 5.92 Å². The van der Waals surface area contributed by atoms with Gasteiger partial charge < -0.3 is 0 Å². The van der Waals surface area contributed by atoms with Crippen LogP contribution < -0.4 is 4.89 Å². The molecule has 0 bridgehead atoms. The number of hydrogen-bond donors (Lipinski definition) is 1. The summed E-state index contributed by atoms with van der Waals surface area (Å²) in [5.74, 6) is 0.268. The van der Waals surface area contributed by atoms with E-state index < -0.39 is 10.0 Å². The standard InChI is InChI=1S/C11H16BrNO3S/c1-8(2)7-16-13-17(14,15)10-4-5-11(12)9(3)6-10/h4-6,8,13H,7H2,1-3H3. The van der Waals surface area contributed by atoms with Crippen molar-refractivity contribution in [1.29, 1.82) is 0 Å². The van der Waals surface area contributed by atoms with E-state index in [0.717, 1.165) is 10.0 Å². The van der Waals surface area contributed by atoms with Gasteiger partial charge in [-0.3, -0.25) is 4.84 Å². The topological polar surface area (TPSA) is 55.4 Å². The lowest BCUT2D eigenvalue weighted by molar-refractivity contribution is 0.0718. The van der Waals surface area contributed by atoms with Crippen LogP contribution in [-0.4, -0.2) is 15.0 Å². The molecule has 96 valence electrons. The lowest BCUT2D eigenvalue weighted by Crippen LogP contribution is -2.25. The van der Waals surface area contributed by atoms with Crippen molar-refractivity contribution in [3.63, 3.8) is 0 Å². The lowest BCUT2D eigenvalue weighted by Gasteiger charge is -2.09. The summed E-state index contributed by atoms with van der Waals surface area (Å²) >= 11 is 3.32. The van der Waals surface area contributed by atoms with Crippen LogP contribution in [0, 0.1) is 12.8 Å². The van der Waals surface area contributed by atoms with Gasteiger partial charge in [-0.15, -0.1) is 0 Å². The maximum atomic E-state index is 11.8. The molecule has 0 saturated carbocycles. The van der Waals surface area contributed by atoms with Crippen molar-refractivity contribution in [2.45, 2.75) is 25.7 Å². The number of rotatable bonds is 5. The molecule has 0 unspecified atom stereocenters. The van der Waals surface area contributed by atoms with Crippen molar-refractivity contribution in [3.8, 4) is 0 Å². The smallest absolute Gasteiger partial charge is 0.262 e. The predicted octanol–water partition coefficient (Wildman–Crippen LogP) is 2.62. The summed E-state index contributed by atoms with van der Waals surface area (Å²) in [6.45, 7) is 6.06. The SMILES string of the molecule is Cc1cc(S(=O)(=O)NOCC(C)C)ccc1Br. The van der Waals surface area contributed by atoms with E-state index in [2.05, 4.69) is 20.8 Å². The molecule has 4 nitrogen and oxygen atoms in total. The molecule has 17 heavy (non-hydrogen) atoms. The Hall–Kier alpha value is -0.430. The molecule has 0 amide bonds. The van der Waals surface area contributed by atoms with E-state index in [9.17, 15) is 8.42 Å². The van der Waals surface area contributed by atoms with Crippen molar-refractivity contribution >= 4 is 26.0 Å². The van der Waals surface area contributed by atoms with Gasteiger partial charge in [-0.2, -0.15) is 0 Å². The number of hydrogen-bond acceptors (Lipinski definition) is 3. The molecule has 0 aromatic heterocycles. The van der Waals surface area contributed by atoms with Crippen LogP contribution >= 0.6 is 15.9 Å². The zero-order chi connectivity index (χ0) is 13.1. The number of nitrogens with one attached hydrogen (secondary N) is 1. The summed E-state index contributed by atoms with van der Waals surface area (Å²) in [5.41, 5.74) is 0.858. The first-order valence-corrected chi connectivity index (χ1v) is 7.50. The Kier molecular flexibility index (Phi) is 5.12. The third-order valence-electron chi connectivity index (χ3n) is 2.03. The van der Waals surface area contributed by atoms with Gasteiger partial charge in [-0.25, -0.2) is 8.42 Å². The van der Waals surface area contributed by atoms with Crippen LogP contribution in [0.3, 0.4) is 0 Å². The number of halogens is 1.